The molecule has 1 saturated carbocycles. The van der Waals surface area contributed by atoms with Crippen molar-refractivity contribution in [1.82, 2.24) is 15.5 Å². The maximum atomic E-state index is 12.4. The summed E-state index contributed by atoms with van der Waals surface area (Å²) in [6.45, 7) is 2.40. The second-order valence-corrected chi connectivity index (χ2v) is 5.70. The average Bonchev–Trinajstić information content (AvgIpc) is 3.02. The number of carbonyl (C=O) groups excluding carboxylic acids is 3. The van der Waals surface area contributed by atoms with E-state index in [1.54, 1.807) is 6.92 Å². The monoisotopic (exact) mass is 297 g/mol. The Kier molecular flexibility index (Phi) is 4.82. The fourth-order valence-electron chi connectivity index (χ4n) is 2.90. The molecule has 1 aliphatic carbocycles. The van der Waals surface area contributed by atoms with Gasteiger partial charge in [0.15, 0.2) is 0 Å². The zero-order valence-electron chi connectivity index (χ0n) is 12.6. The van der Waals surface area contributed by atoms with Gasteiger partial charge in [0.05, 0.1) is 0 Å². The van der Waals surface area contributed by atoms with Gasteiger partial charge in [-0.2, -0.15) is 0 Å². The third-order valence-electron chi connectivity index (χ3n) is 4.28. The molecule has 1 spiro atoms. The van der Waals surface area contributed by atoms with E-state index in [-0.39, 0.29) is 17.8 Å². The van der Waals surface area contributed by atoms with Gasteiger partial charge < -0.3 is 15.4 Å². The normalized spacial score (nSPS) is 21.7. The zero-order valence-corrected chi connectivity index (χ0v) is 12.6. The van der Waals surface area contributed by atoms with Crippen molar-refractivity contribution in [2.75, 3.05) is 20.2 Å². The predicted octanol–water partition coefficient (Wildman–Crippen LogP) is 0.392. The van der Waals surface area contributed by atoms with Crippen LogP contribution in [0.15, 0.2) is 0 Å². The Morgan fingerprint density at radius 2 is 2.10 bits per heavy atom. The van der Waals surface area contributed by atoms with E-state index < -0.39 is 11.6 Å². The Balaban J connectivity index is 1.77. The van der Waals surface area contributed by atoms with Gasteiger partial charge in [-0.25, -0.2) is 4.79 Å². The number of amides is 4. The van der Waals surface area contributed by atoms with Crippen molar-refractivity contribution in [2.24, 2.45) is 0 Å². The first kappa shape index (κ1) is 15.8. The Hall–Kier alpha value is -1.63. The number of carbonyl (C=O) groups is 3. The molecule has 1 heterocycles. The first-order valence-electron chi connectivity index (χ1n) is 7.45. The molecule has 21 heavy (non-hydrogen) atoms. The second kappa shape index (κ2) is 6.43. The number of hydrogen-bond acceptors (Lipinski definition) is 4. The average molecular weight is 297 g/mol. The van der Waals surface area contributed by atoms with Gasteiger partial charge in [-0.15, -0.1) is 0 Å². The Morgan fingerprint density at radius 3 is 2.71 bits per heavy atom. The highest BCUT2D eigenvalue weighted by atomic mass is 16.5. The van der Waals surface area contributed by atoms with E-state index in [2.05, 4.69) is 10.6 Å². The van der Waals surface area contributed by atoms with Gasteiger partial charge in [0.25, 0.3) is 5.91 Å². The van der Waals surface area contributed by atoms with E-state index in [1.807, 2.05) is 0 Å². The minimum atomic E-state index is -0.648. The fraction of sp³-hybridized carbons (Fsp3) is 0.786. The van der Waals surface area contributed by atoms with Crippen LogP contribution in [-0.2, 0) is 14.3 Å². The summed E-state index contributed by atoms with van der Waals surface area (Å²) in [6, 6.07) is -0.307. The van der Waals surface area contributed by atoms with Gasteiger partial charge in [0.2, 0.25) is 5.91 Å². The molecule has 0 radical (unpaired) electrons. The van der Waals surface area contributed by atoms with Crippen LogP contribution in [0.1, 0.15) is 39.0 Å². The van der Waals surface area contributed by atoms with Crippen molar-refractivity contribution in [1.29, 1.82) is 0 Å². The summed E-state index contributed by atoms with van der Waals surface area (Å²) in [5.74, 6) is -0.302. The molecule has 1 unspecified atom stereocenters. The molecular weight excluding hydrogens is 274 g/mol. The maximum Gasteiger partial charge on any atom is 0.325 e. The number of hydrogen-bond donors (Lipinski definition) is 2. The smallest absolute Gasteiger partial charge is 0.325 e. The van der Waals surface area contributed by atoms with Gasteiger partial charge >= 0.3 is 6.03 Å². The molecule has 7 heteroatoms. The lowest BCUT2D eigenvalue weighted by molar-refractivity contribution is -0.131. The van der Waals surface area contributed by atoms with Crippen molar-refractivity contribution >= 4 is 17.8 Å². The van der Waals surface area contributed by atoms with E-state index in [4.69, 9.17) is 4.74 Å². The molecule has 7 nitrogen and oxygen atoms in total. The van der Waals surface area contributed by atoms with E-state index >= 15 is 0 Å². The lowest BCUT2D eigenvalue weighted by Gasteiger charge is -2.20. The molecule has 1 aliphatic heterocycles. The fourth-order valence-corrected chi connectivity index (χ4v) is 2.90. The first-order valence-corrected chi connectivity index (χ1v) is 7.45. The predicted molar refractivity (Wildman–Crippen MR) is 75.5 cm³/mol. The number of rotatable bonds is 6. The van der Waals surface area contributed by atoms with Crippen molar-refractivity contribution < 1.29 is 19.1 Å². The Morgan fingerprint density at radius 1 is 1.43 bits per heavy atom. The van der Waals surface area contributed by atoms with Crippen molar-refractivity contribution in [3.63, 3.8) is 0 Å². The molecule has 4 amide bonds. The lowest BCUT2D eigenvalue weighted by Crippen LogP contribution is -2.44. The summed E-state index contributed by atoms with van der Waals surface area (Å²) in [5, 5.41) is 5.55. The van der Waals surface area contributed by atoms with Gasteiger partial charge in [-0.3, -0.25) is 14.5 Å². The van der Waals surface area contributed by atoms with Crippen LogP contribution < -0.4 is 10.6 Å². The standard InChI is InChI=1S/C14H23N3O4/c1-10(21-2)11(18)15-8-5-9-17-12(19)14(16-13(17)20)6-3-4-7-14/h10H,3-9H2,1-2H3,(H,15,18)(H,16,20). The van der Waals surface area contributed by atoms with Crippen molar-refractivity contribution in [2.45, 2.75) is 50.7 Å². The van der Waals surface area contributed by atoms with Gasteiger partial charge in [0.1, 0.15) is 11.6 Å². The topological polar surface area (TPSA) is 87.7 Å². The number of nitrogens with zero attached hydrogens (tertiary/aromatic N) is 1. The molecule has 0 aromatic rings. The molecule has 0 aromatic carbocycles. The summed E-state index contributed by atoms with van der Waals surface area (Å²) < 4.78 is 4.90. The molecule has 1 saturated heterocycles. The third-order valence-corrected chi connectivity index (χ3v) is 4.28. The Labute approximate surface area is 124 Å². The summed E-state index contributed by atoms with van der Waals surface area (Å²) in [6.07, 6.45) is 3.46. The molecule has 1 atom stereocenters. The van der Waals surface area contributed by atoms with E-state index in [9.17, 15) is 14.4 Å². The number of nitrogens with one attached hydrogen (secondary N) is 2. The molecule has 2 fully saturated rings. The minimum absolute atomic E-state index is 0.110. The molecule has 0 bridgehead atoms. The molecule has 2 N–H and O–H groups in total. The highest BCUT2D eigenvalue weighted by molar-refractivity contribution is 6.07. The first-order chi connectivity index (χ1) is 10.00. The van der Waals surface area contributed by atoms with E-state index in [1.165, 1.54) is 12.0 Å². The summed E-state index contributed by atoms with van der Waals surface area (Å²) >= 11 is 0. The van der Waals surface area contributed by atoms with Gasteiger partial charge in [-0.1, -0.05) is 12.8 Å². The molecule has 2 aliphatic rings. The van der Waals surface area contributed by atoms with Gasteiger partial charge in [0, 0.05) is 20.2 Å². The highest BCUT2D eigenvalue weighted by Gasteiger charge is 2.51. The van der Waals surface area contributed by atoms with Crippen LogP contribution in [0.3, 0.4) is 0 Å². The lowest BCUT2D eigenvalue weighted by atomic mass is 9.98. The quantitative estimate of drug-likeness (QED) is 0.548. The van der Waals surface area contributed by atoms with E-state index in [0.29, 0.717) is 19.5 Å². The van der Waals surface area contributed by atoms with Crippen molar-refractivity contribution in [3.05, 3.63) is 0 Å². The number of ether oxygens (including phenoxy) is 1. The highest BCUT2D eigenvalue weighted by Crippen LogP contribution is 2.34. The van der Waals surface area contributed by atoms with Crippen LogP contribution in [-0.4, -0.2) is 54.6 Å². The number of imide groups is 1. The second-order valence-electron chi connectivity index (χ2n) is 5.70. The van der Waals surface area contributed by atoms with Crippen LogP contribution in [0, 0.1) is 0 Å². The summed E-state index contributed by atoms with van der Waals surface area (Å²) in [5.41, 5.74) is -0.648. The Bertz CT molecular complexity index is 432. The SMILES string of the molecule is COC(C)C(=O)NCCCN1C(=O)NC2(CCCC2)C1=O. The van der Waals surface area contributed by atoms with Crippen LogP contribution in [0.2, 0.25) is 0 Å². The molecular formula is C14H23N3O4. The minimum Gasteiger partial charge on any atom is -0.372 e. The third kappa shape index (κ3) is 3.18. The molecule has 118 valence electrons. The summed E-state index contributed by atoms with van der Waals surface area (Å²) in [7, 11) is 1.47. The number of urea groups is 1. The van der Waals surface area contributed by atoms with Crippen LogP contribution in [0.5, 0.6) is 0 Å². The van der Waals surface area contributed by atoms with Crippen molar-refractivity contribution in [3.8, 4) is 0 Å². The van der Waals surface area contributed by atoms with Crippen LogP contribution >= 0.6 is 0 Å². The number of methoxy groups -OCH3 is 1. The van der Waals surface area contributed by atoms with Gasteiger partial charge in [-0.05, 0) is 26.2 Å². The van der Waals surface area contributed by atoms with E-state index in [0.717, 1.165) is 25.7 Å². The van der Waals surface area contributed by atoms with Crippen LogP contribution in [0.4, 0.5) is 4.79 Å². The summed E-state index contributed by atoms with van der Waals surface area (Å²) in [4.78, 5) is 37.1. The largest absolute Gasteiger partial charge is 0.372 e. The molecule has 2 rings (SSSR count). The molecule has 0 aromatic heterocycles. The maximum absolute atomic E-state index is 12.4. The zero-order chi connectivity index (χ0) is 15.5. The van der Waals surface area contributed by atoms with Crippen LogP contribution in [0.25, 0.3) is 0 Å².